The third-order valence-corrected chi connectivity index (χ3v) is 2.98. The van der Waals surface area contributed by atoms with Gasteiger partial charge in [0.05, 0.1) is 12.5 Å². The van der Waals surface area contributed by atoms with Crippen LogP contribution < -0.4 is 0 Å². The van der Waals surface area contributed by atoms with Crippen LogP contribution in [0.3, 0.4) is 0 Å². The summed E-state index contributed by atoms with van der Waals surface area (Å²) in [5, 5.41) is 8.54. The first kappa shape index (κ1) is 16.4. The van der Waals surface area contributed by atoms with E-state index in [-0.39, 0.29) is 25.1 Å². The zero-order valence-electron chi connectivity index (χ0n) is 11.4. The summed E-state index contributed by atoms with van der Waals surface area (Å²) in [5.41, 5.74) is 0. The molecule has 3 nitrogen and oxygen atoms in total. The topological polar surface area (TPSA) is 46.5 Å². The van der Waals surface area contributed by atoms with Gasteiger partial charge >= 0.3 is 5.97 Å². The first-order valence-electron chi connectivity index (χ1n) is 6.99. The Labute approximate surface area is 106 Å². The van der Waals surface area contributed by atoms with Gasteiger partial charge in [-0.15, -0.1) is 0 Å². The maximum Gasteiger partial charge on any atom is 0.308 e. The molecule has 0 aliphatic rings. The molecule has 0 aliphatic heterocycles. The van der Waals surface area contributed by atoms with Crippen LogP contribution in [0, 0.1) is 5.92 Å². The van der Waals surface area contributed by atoms with Crippen molar-refractivity contribution in [3.8, 4) is 0 Å². The van der Waals surface area contributed by atoms with E-state index in [1.54, 1.807) is 0 Å². The summed E-state index contributed by atoms with van der Waals surface area (Å²) in [4.78, 5) is 11.4. The third kappa shape index (κ3) is 10.3. The number of carbonyl (C=O) groups excluding carboxylic acids is 1. The standard InChI is InChI=1S/C14H28O3/c1-3-4-5-6-7-8-9-10-13(2)14(16)17-12-11-15/h13,15H,3-12H2,1-2H3. The lowest BCUT2D eigenvalue weighted by Gasteiger charge is -2.10. The third-order valence-electron chi connectivity index (χ3n) is 2.98. The van der Waals surface area contributed by atoms with Gasteiger partial charge in [0.2, 0.25) is 0 Å². The Hall–Kier alpha value is -0.570. The molecule has 0 heterocycles. The average molecular weight is 244 g/mol. The minimum atomic E-state index is -0.176. The van der Waals surface area contributed by atoms with E-state index in [4.69, 9.17) is 9.84 Å². The molecule has 0 saturated carbocycles. The van der Waals surface area contributed by atoms with Crippen LogP contribution in [0.1, 0.15) is 65.2 Å². The fourth-order valence-corrected chi connectivity index (χ4v) is 1.81. The molecule has 0 radical (unpaired) electrons. The molecule has 0 fully saturated rings. The highest BCUT2D eigenvalue weighted by atomic mass is 16.5. The maximum absolute atomic E-state index is 11.4. The Bertz CT molecular complexity index is 180. The molecule has 1 N–H and O–H groups in total. The molecule has 0 spiro atoms. The van der Waals surface area contributed by atoms with Gasteiger partial charge < -0.3 is 9.84 Å². The van der Waals surface area contributed by atoms with Crippen molar-refractivity contribution in [3.05, 3.63) is 0 Å². The summed E-state index contributed by atoms with van der Waals surface area (Å²) < 4.78 is 4.87. The SMILES string of the molecule is CCCCCCCCCC(C)C(=O)OCCO. The molecule has 102 valence electrons. The second-order valence-corrected chi connectivity index (χ2v) is 4.70. The van der Waals surface area contributed by atoms with Gasteiger partial charge in [0, 0.05) is 0 Å². The van der Waals surface area contributed by atoms with E-state index in [0.29, 0.717) is 0 Å². The van der Waals surface area contributed by atoms with E-state index < -0.39 is 0 Å². The van der Waals surface area contributed by atoms with E-state index in [9.17, 15) is 4.79 Å². The van der Waals surface area contributed by atoms with Crippen LogP contribution in [0.2, 0.25) is 0 Å². The van der Waals surface area contributed by atoms with Crippen LogP contribution in [0.25, 0.3) is 0 Å². The van der Waals surface area contributed by atoms with Crippen molar-refractivity contribution in [2.75, 3.05) is 13.2 Å². The van der Waals surface area contributed by atoms with Gasteiger partial charge in [0.25, 0.3) is 0 Å². The summed E-state index contributed by atoms with van der Waals surface area (Å²) in [7, 11) is 0. The number of esters is 1. The average Bonchev–Trinajstić information content (AvgIpc) is 2.34. The smallest absolute Gasteiger partial charge is 0.308 e. The second-order valence-electron chi connectivity index (χ2n) is 4.70. The van der Waals surface area contributed by atoms with Crippen LogP contribution in [0.5, 0.6) is 0 Å². The molecule has 0 aliphatic carbocycles. The molecular formula is C14H28O3. The Morgan fingerprint density at radius 1 is 1.12 bits per heavy atom. The van der Waals surface area contributed by atoms with Crippen LogP contribution in [0.4, 0.5) is 0 Å². The Balaban J connectivity index is 3.32. The molecular weight excluding hydrogens is 216 g/mol. The van der Waals surface area contributed by atoms with E-state index in [2.05, 4.69) is 6.92 Å². The minimum absolute atomic E-state index is 0.0304. The van der Waals surface area contributed by atoms with Gasteiger partial charge in [-0.1, -0.05) is 58.8 Å². The lowest BCUT2D eigenvalue weighted by Crippen LogP contribution is -2.16. The highest BCUT2D eigenvalue weighted by Crippen LogP contribution is 2.13. The molecule has 0 saturated heterocycles. The molecule has 3 heteroatoms. The van der Waals surface area contributed by atoms with Gasteiger partial charge in [-0.05, 0) is 6.42 Å². The van der Waals surface area contributed by atoms with Crippen LogP contribution in [-0.2, 0) is 9.53 Å². The van der Waals surface area contributed by atoms with Gasteiger partial charge in [-0.25, -0.2) is 0 Å². The Morgan fingerprint density at radius 2 is 1.71 bits per heavy atom. The Kier molecular flexibility index (Phi) is 11.5. The van der Waals surface area contributed by atoms with Crippen LogP contribution in [0.15, 0.2) is 0 Å². The van der Waals surface area contributed by atoms with Gasteiger partial charge in [-0.2, -0.15) is 0 Å². The first-order chi connectivity index (χ1) is 8.22. The monoisotopic (exact) mass is 244 g/mol. The van der Waals surface area contributed by atoms with Crippen LogP contribution >= 0.6 is 0 Å². The van der Waals surface area contributed by atoms with Crippen molar-refractivity contribution >= 4 is 5.97 Å². The van der Waals surface area contributed by atoms with Crippen molar-refractivity contribution in [2.45, 2.75) is 65.2 Å². The predicted molar refractivity (Wildman–Crippen MR) is 69.8 cm³/mol. The fraction of sp³-hybridized carbons (Fsp3) is 0.929. The van der Waals surface area contributed by atoms with Crippen molar-refractivity contribution in [3.63, 3.8) is 0 Å². The molecule has 0 aromatic rings. The number of ether oxygens (including phenoxy) is 1. The molecule has 0 rings (SSSR count). The van der Waals surface area contributed by atoms with Gasteiger partial charge in [0.15, 0.2) is 0 Å². The van der Waals surface area contributed by atoms with Crippen molar-refractivity contribution in [2.24, 2.45) is 5.92 Å². The zero-order chi connectivity index (χ0) is 12.9. The normalized spacial score (nSPS) is 12.4. The quantitative estimate of drug-likeness (QED) is 0.448. The van der Waals surface area contributed by atoms with E-state index in [1.807, 2.05) is 6.92 Å². The number of hydrogen-bond donors (Lipinski definition) is 1. The fourth-order valence-electron chi connectivity index (χ4n) is 1.81. The first-order valence-corrected chi connectivity index (χ1v) is 6.99. The molecule has 0 amide bonds. The lowest BCUT2D eigenvalue weighted by atomic mass is 10.0. The molecule has 0 aromatic carbocycles. The summed E-state index contributed by atoms with van der Waals surface area (Å²) in [6, 6.07) is 0. The second kappa shape index (κ2) is 11.9. The number of rotatable bonds is 11. The lowest BCUT2D eigenvalue weighted by molar-refractivity contribution is -0.149. The molecule has 1 atom stereocenters. The summed E-state index contributed by atoms with van der Waals surface area (Å²) in [5.74, 6) is -0.206. The van der Waals surface area contributed by atoms with E-state index in [1.165, 1.54) is 38.5 Å². The summed E-state index contributed by atoms with van der Waals surface area (Å²) in [6.45, 7) is 4.16. The highest BCUT2D eigenvalue weighted by molar-refractivity contribution is 5.71. The van der Waals surface area contributed by atoms with Gasteiger partial charge in [-0.3, -0.25) is 4.79 Å². The number of carbonyl (C=O) groups is 1. The van der Waals surface area contributed by atoms with Crippen LogP contribution in [-0.4, -0.2) is 24.3 Å². The molecule has 0 bridgehead atoms. The van der Waals surface area contributed by atoms with Crippen molar-refractivity contribution in [1.82, 2.24) is 0 Å². The number of unbranched alkanes of at least 4 members (excludes halogenated alkanes) is 6. The molecule has 1 unspecified atom stereocenters. The largest absolute Gasteiger partial charge is 0.463 e. The van der Waals surface area contributed by atoms with Crippen molar-refractivity contribution < 1.29 is 14.6 Å². The summed E-state index contributed by atoms with van der Waals surface area (Å²) >= 11 is 0. The summed E-state index contributed by atoms with van der Waals surface area (Å²) in [6.07, 6.45) is 9.76. The van der Waals surface area contributed by atoms with E-state index in [0.717, 1.165) is 12.8 Å². The number of aliphatic hydroxyl groups is 1. The van der Waals surface area contributed by atoms with Crippen molar-refractivity contribution in [1.29, 1.82) is 0 Å². The Morgan fingerprint density at radius 3 is 2.29 bits per heavy atom. The molecule has 17 heavy (non-hydrogen) atoms. The number of hydrogen-bond acceptors (Lipinski definition) is 3. The number of aliphatic hydroxyl groups excluding tert-OH is 1. The minimum Gasteiger partial charge on any atom is -0.463 e. The zero-order valence-corrected chi connectivity index (χ0v) is 11.4. The highest BCUT2D eigenvalue weighted by Gasteiger charge is 2.13. The molecule has 0 aromatic heterocycles. The van der Waals surface area contributed by atoms with E-state index >= 15 is 0 Å². The predicted octanol–water partition coefficient (Wildman–Crippen LogP) is 3.30. The maximum atomic E-state index is 11.4. The van der Waals surface area contributed by atoms with Gasteiger partial charge in [0.1, 0.15) is 6.61 Å².